The quantitative estimate of drug-likeness (QED) is 0.812. The van der Waals surface area contributed by atoms with Gasteiger partial charge in [-0.05, 0) is 17.9 Å². The molecule has 1 aromatic rings. The molecule has 0 radical (unpaired) electrons. The minimum Gasteiger partial charge on any atom is -0.349 e. The van der Waals surface area contributed by atoms with Crippen molar-refractivity contribution in [2.24, 2.45) is 5.92 Å². The third kappa shape index (κ3) is 3.65. The molecule has 0 saturated carbocycles. The lowest BCUT2D eigenvalue weighted by Gasteiger charge is -2.06. The summed E-state index contributed by atoms with van der Waals surface area (Å²) in [7, 11) is 0. The highest BCUT2D eigenvalue weighted by molar-refractivity contribution is 5.90. The molecule has 1 aromatic heterocycles. The maximum atomic E-state index is 11.5. The van der Waals surface area contributed by atoms with Crippen LogP contribution >= 0.6 is 0 Å². The SMILES string of the molecule is CCc1cnc(C(=O)NCC(C)C)nc1. The van der Waals surface area contributed by atoms with E-state index in [2.05, 4.69) is 15.3 Å². The number of aromatic nitrogens is 2. The van der Waals surface area contributed by atoms with Crippen molar-refractivity contribution in [2.75, 3.05) is 6.54 Å². The topological polar surface area (TPSA) is 54.9 Å². The Morgan fingerprint density at radius 2 is 2.00 bits per heavy atom. The third-order valence-electron chi connectivity index (χ3n) is 1.99. The number of rotatable bonds is 4. The molecule has 82 valence electrons. The number of nitrogens with one attached hydrogen (secondary N) is 1. The van der Waals surface area contributed by atoms with Gasteiger partial charge in [-0.2, -0.15) is 0 Å². The highest BCUT2D eigenvalue weighted by Gasteiger charge is 2.08. The van der Waals surface area contributed by atoms with Crippen LogP contribution in [0, 0.1) is 5.92 Å². The minimum absolute atomic E-state index is 0.202. The van der Waals surface area contributed by atoms with Gasteiger partial charge in [0.15, 0.2) is 0 Å². The Bertz CT molecular complexity index is 319. The van der Waals surface area contributed by atoms with Crippen molar-refractivity contribution in [1.82, 2.24) is 15.3 Å². The molecule has 1 heterocycles. The van der Waals surface area contributed by atoms with E-state index in [9.17, 15) is 4.79 Å². The van der Waals surface area contributed by atoms with Crippen molar-refractivity contribution in [2.45, 2.75) is 27.2 Å². The first-order valence-corrected chi connectivity index (χ1v) is 5.22. The zero-order valence-electron chi connectivity index (χ0n) is 9.45. The summed E-state index contributed by atoms with van der Waals surface area (Å²) < 4.78 is 0. The Balaban J connectivity index is 2.58. The molecule has 0 atom stereocenters. The van der Waals surface area contributed by atoms with E-state index in [0.717, 1.165) is 12.0 Å². The van der Waals surface area contributed by atoms with Crippen LogP contribution in [0.3, 0.4) is 0 Å². The number of aryl methyl sites for hydroxylation is 1. The summed E-state index contributed by atoms with van der Waals surface area (Å²) in [6.07, 6.45) is 4.27. The smallest absolute Gasteiger partial charge is 0.289 e. The van der Waals surface area contributed by atoms with Gasteiger partial charge in [0, 0.05) is 18.9 Å². The molecule has 0 aliphatic carbocycles. The van der Waals surface area contributed by atoms with Crippen molar-refractivity contribution < 1.29 is 4.79 Å². The Morgan fingerprint density at radius 3 is 2.47 bits per heavy atom. The van der Waals surface area contributed by atoms with Gasteiger partial charge in [-0.3, -0.25) is 4.79 Å². The molecule has 15 heavy (non-hydrogen) atoms. The third-order valence-corrected chi connectivity index (χ3v) is 1.99. The summed E-state index contributed by atoms with van der Waals surface area (Å²) >= 11 is 0. The van der Waals surface area contributed by atoms with Gasteiger partial charge in [-0.25, -0.2) is 9.97 Å². The molecule has 0 spiro atoms. The Morgan fingerprint density at radius 1 is 1.40 bits per heavy atom. The number of carbonyl (C=O) groups excluding carboxylic acids is 1. The van der Waals surface area contributed by atoms with Crippen LogP contribution in [0.1, 0.15) is 37.0 Å². The van der Waals surface area contributed by atoms with E-state index in [-0.39, 0.29) is 11.7 Å². The van der Waals surface area contributed by atoms with Gasteiger partial charge in [0.05, 0.1) is 0 Å². The van der Waals surface area contributed by atoms with Gasteiger partial charge in [0.2, 0.25) is 5.82 Å². The first-order valence-electron chi connectivity index (χ1n) is 5.22. The number of amides is 1. The van der Waals surface area contributed by atoms with Gasteiger partial charge in [0.1, 0.15) is 0 Å². The fourth-order valence-electron chi connectivity index (χ4n) is 1.03. The summed E-state index contributed by atoms with van der Waals surface area (Å²) in [6, 6.07) is 0. The molecule has 1 N–H and O–H groups in total. The highest BCUT2D eigenvalue weighted by Crippen LogP contribution is 1.97. The zero-order chi connectivity index (χ0) is 11.3. The largest absolute Gasteiger partial charge is 0.349 e. The molecule has 0 aromatic carbocycles. The van der Waals surface area contributed by atoms with Crippen LogP contribution in [0.4, 0.5) is 0 Å². The summed E-state index contributed by atoms with van der Waals surface area (Å²) in [4.78, 5) is 19.5. The second kappa shape index (κ2) is 5.44. The summed E-state index contributed by atoms with van der Waals surface area (Å²) in [6.45, 7) is 6.76. The maximum Gasteiger partial charge on any atom is 0.289 e. The molecule has 1 rings (SSSR count). The van der Waals surface area contributed by atoms with E-state index in [1.54, 1.807) is 12.4 Å². The monoisotopic (exact) mass is 207 g/mol. The van der Waals surface area contributed by atoms with Crippen molar-refractivity contribution in [1.29, 1.82) is 0 Å². The maximum absolute atomic E-state index is 11.5. The van der Waals surface area contributed by atoms with E-state index in [4.69, 9.17) is 0 Å². The molecule has 0 bridgehead atoms. The van der Waals surface area contributed by atoms with Gasteiger partial charge >= 0.3 is 0 Å². The first kappa shape index (κ1) is 11.6. The first-order chi connectivity index (χ1) is 7.13. The standard InChI is InChI=1S/C11H17N3O/c1-4-9-6-12-10(13-7-9)11(15)14-5-8(2)3/h6-8H,4-5H2,1-3H3,(H,14,15). The van der Waals surface area contributed by atoms with E-state index in [0.29, 0.717) is 12.5 Å². The van der Waals surface area contributed by atoms with Crippen LogP contribution in [0.15, 0.2) is 12.4 Å². The number of nitrogens with zero attached hydrogens (tertiary/aromatic N) is 2. The van der Waals surface area contributed by atoms with Crippen molar-refractivity contribution >= 4 is 5.91 Å². The second-order valence-electron chi connectivity index (χ2n) is 3.87. The molecule has 0 fully saturated rings. The van der Waals surface area contributed by atoms with E-state index in [1.165, 1.54) is 0 Å². The van der Waals surface area contributed by atoms with Gasteiger partial charge in [0.25, 0.3) is 5.91 Å². The lowest BCUT2D eigenvalue weighted by atomic mass is 10.2. The highest BCUT2D eigenvalue weighted by atomic mass is 16.2. The van der Waals surface area contributed by atoms with E-state index in [1.807, 2.05) is 20.8 Å². The fourth-order valence-corrected chi connectivity index (χ4v) is 1.03. The zero-order valence-corrected chi connectivity index (χ0v) is 9.45. The van der Waals surface area contributed by atoms with E-state index >= 15 is 0 Å². The molecule has 0 aliphatic heterocycles. The second-order valence-corrected chi connectivity index (χ2v) is 3.87. The lowest BCUT2D eigenvalue weighted by Crippen LogP contribution is -2.28. The van der Waals surface area contributed by atoms with Crippen molar-refractivity contribution in [3.05, 3.63) is 23.8 Å². The van der Waals surface area contributed by atoms with Crippen molar-refractivity contribution in [3.63, 3.8) is 0 Å². The van der Waals surface area contributed by atoms with E-state index < -0.39 is 0 Å². The Labute approximate surface area is 90.1 Å². The average Bonchev–Trinajstić information content (AvgIpc) is 2.26. The molecule has 0 aliphatic rings. The fraction of sp³-hybridized carbons (Fsp3) is 0.545. The molecule has 4 heteroatoms. The molecule has 1 amide bonds. The summed E-state index contributed by atoms with van der Waals surface area (Å²) in [5, 5.41) is 2.77. The molecular formula is C11H17N3O. The predicted molar refractivity (Wildman–Crippen MR) is 58.6 cm³/mol. The number of carbonyl (C=O) groups is 1. The van der Waals surface area contributed by atoms with Crippen LogP contribution in [-0.4, -0.2) is 22.4 Å². The molecular weight excluding hydrogens is 190 g/mol. The van der Waals surface area contributed by atoms with Crippen LogP contribution in [0.5, 0.6) is 0 Å². The van der Waals surface area contributed by atoms with Crippen LogP contribution in [0.25, 0.3) is 0 Å². The normalized spacial score (nSPS) is 10.4. The lowest BCUT2D eigenvalue weighted by molar-refractivity contribution is 0.0938. The average molecular weight is 207 g/mol. The summed E-state index contributed by atoms with van der Waals surface area (Å²) in [5.74, 6) is 0.475. The number of hydrogen-bond donors (Lipinski definition) is 1. The molecule has 0 saturated heterocycles. The predicted octanol–water partition coefficient (Wildman–Crippen LogP) is 1.42. The number of hydrogen-bond acceptors (Lipinski definition) is 3. The Kier molecular flexibility index (Phi) is 4.21. The van der Waals surface area contributed by atoms with Crippen LogP contribution in [-0.2, 0) is 6.42 Å². The van der Waals surface area contributed by atoms with Crippen LogP contribution < -0.4 is 5.32 Å². The van der Waals surface area contributed by atoms with Gasteiger partial charge in [-0.15, -0.1) is 0 Å². The van der Waals surface area contributed by atoms with Gasteiger partial charge in [-0.1, -0.05) is 20.8 Å². The van der Waals surface area contributed by atoms with Gasteiger partial charge < -0.3 is 5.32 Å². The minimum atomic E-state index is -0.202. The summed E-state index contributed by atoms with van der Waals surface area (Å²) in [5.41, 5.74) is 1.04. The Hall–Kier alpha value is -1.45. The van der Waals surface area contributed by atoms with Crippen molar-refractivity contribution in [3.8, 4) is 0 Å². The molecule has 4 nitrogen and oxygen atoms in total. The van der Waals surface area contributed by atoms with Crippen LogP contribution in [0.2, 0.25) is 0 Å². The molecule has 0 unspecified atom stereocenters.